The van der Waals surface area contributed by atoms with E-state index in [0.717, 1.165) is 5.56 Å². The smallest absolute Gasteiger partial charge is 0.248 e. The summed E-state index contributed by atoms with van der Waals surface area (Å²) in [5.41, 5.74) is 1.59. The van der Waals surface area contributed by atoms with Gasteiger partial charge in [0.15, 0.2) is 5.82 Å². The molecule has 0 N–H and O–H groups in total. The Labute approximate surface area is 151 Å². The molecule has 0 aliphatic carbocycles. The van der Waals surface area contributed by atoms with Gasteiger partial charge in [-0.15, -0.1) is 0 Å². The van der Waals surface area contributed by atoms with E-state index in [9.17, 15) is 8.42 Å². The Balaban J connectivity index is 2.14. The number of rotatable bonds is 2. The minimum absolute atomic E-state index is 0.0710. The van der Waals surface area contributed by atoms with Crippen LogP contribution in [0.3, 0.4) is 0 Å². The zero-order valence-corrected chi connectivity index (χ0v) is 15.8. The van der Waals surface area contributed by atoms with Gasteiger partial charge >= 0.3 is 0 Å². The fourth-order valence-corrected chi connectivity index (χ4v) is 5.61. The maximum absolute atomic E-state index is 12.9. The molecule has 0 spiro atoms. The third-order valence-corrected chi connectivity index (χ3v) is 6.58. The van der Waals surface area contributed by atoms with Crippen LogP contribution in [0, 0.1) is 6.92 Å². The third kappa shape index (κ3) is 2.68. The summed E-state index contributed by atoms with van der Waals surface area (Å²) in [5, 5.41) is 0.120. The van der Waals surface area contributed by atoms with Crippen LogP contribution in [-0.4, -0.2) is 24.9 Å². The van der Waals surface area contributed by atoms with E-state index in [1.165, 1.54) is 4.31 Å². The molecule has 0 bridgehead atoms. The first-order chi connectivity index (χ1) is 10.3. The molecule has 1 aromatic carbocycles. The first-order valence-electron chi connectivity index (χ1n) is 6.27. The van der Waals surface area contributed by atoms with Gasteiger partial charge in [0.05, 0.1) is 15.4 Å². The van der Waals surface area contributed by atoms with Crippen molar-refractivity contribution in [1.82, 2.24) is 9.97 Å². The third-order valence-electron chi connectivity index (χ3n) is 3.34. The van der Waals surface area contributed by atoms with Crippen LogP contribution in [0.5, 0.6) is 0 Å². The molecule has 1 aliphatic rings. The fourth-order valence-electron chi connectivity index (χ4n) is 2.24. The van der Waals surface area contributed by atoms with E-state index < -0.39 is 10.0 Å². The van der Waals surface area contributed by atoms with Gasteiger partial charge in [0.1, 0.15) is 5.15 Å². The van der Waals surface area contributed by atoms with Crippen molar-refractivity contribution in [3.8, 4) is 0 Å². The van der Waals surface area contributed by atoms with Crippen LogP contribution in [0.25, 0.3) is 0 Å². The largest absolute Gasteiger partial charge is 0.265 e. The van der Waals surface area contributed by atoms with E-state index in [-0.39, 0.29) is 31.6 Å². The van der Waals surface area contributed by atoms with E-state index in [2.05, 4.69) is 32.6 Å². The molecule has 2 heterocycles. The number of nitrogens with zero attached hydrogens (tertiary/aromatic N) is 3. The van der Waals surface area contributed by atoms with Crippen molar-refractivity contribution in [2.45, 2.75) is 15.7 Å². The molecule has 1 atom stereocenters. The van der Waals surface area contributed by atoms with Crippen LogP contribution < -0.4 is 4.31 Å². The first kappa shape index (κ1) is 16.2. The Morgan fingerprint density at radius 1 is 1.23 bits per heavy atom. The zero-order chi connectivity index (χ0) is 16.1. The van der Waals surface area contributed by atoms with Gasteiger partial charge in [-0.05, 0) is 30.7 Å². The maximum atomic E-state index is 12.9. The highest BCUT2D eigenvalue weighted by atomic mass is 127. The van der Waals surface area contributed by atoms with Crippen molar-refractivity contribution in [2.24, 2.45) is 0 Å². The van der Waals surface area contributed by atoms with Crippen LogP contribution in [0.2, 0.25) is 10.4 Å². The second-order valence-corrected chi connectivity index (χ2v) is 8.90. The van der Waals surface area contributed by atoms with Crippen molar-refractivity contribution in [3.05, 3.63) is 45.8 Å². The molecule has 0 amide bonds. The fraction of sp³-hybridized carbons (Fsp3) is 0.231. The van der Waals surface area contributed by atoms with E-state index in [1.54, 1.807) is 24.3 Å². The summed E-state index contributed by atoms with van der Waals surface area (Å²) >= 11 is 14.0. The average molecular weight is 470 g/mol. The van der Waals surface area contributed by atoms with Crippen LogP contribution in [-0.2, 0) is 10.0 Å². The molecule has 0 fully saturated rings. The summed E-state index contributed by atoms with van der Waals surface area (Å²) in [7, 11) is -3.71. The molecule has 1 unspecified atom stereocenters. The molecule has 5 nitrogen and oxygen atoms in total. The quantitative estimate of drug-likeness (QED) is 0.290. The lowest BCUT2D eigenvalue weighted by Gasteiger charge is -2.18. The summed E-state index contributed by atoms with van der Waals surface area (Å²) in [6.45, 7) is 2.15. The molecular formula is C13H10Cl2IN3O2S. The molecule has 9 heteroatoms. The minimum atomic E-state index is -3.71. The molecule has 2 aromatic rings. The lowest BCUT2D eigenvalue weighted by Crippen LogP contribution is -2.30. The summed E-state index contributed by atoms with van der Waals surface area (Å²) in [5.74, 6) is 0.255. The number of benzene rings is 1. The predicted octanol–water partition coefficient (Wildman–Crippen LogP) is 3.78. The van der Waals surface area contributed by atoms with Gasteiger partial charge in [0.2, 0.25) is 5.28 Å². The number of aryl methyl sites for hydroxylation is 1. The van der Waals surface area contributed by atoms with Crippen molar-refractivity contribution in [3.63, 3.8) is 0 Å². The molecule has 22 heavy (non-hydrogen) atoms. The zero-order valence-electron chi connectivity index (χ0n) is 11.3. The van der Waals surface area contributed by atoms with E-state index in [1.807, 2.05) is 6.92 Å². The van der Waals surface area contributed by atoms with Crippen molar-refractivity contribution < 1.29 is 8.42 Å². The lowest BCUT2D eigenvalue weighted by molar-refractivity contribution is 0.592. The van der Waals surface area contributed by atoms with Crippen molar-refractivity contribution in [1.29, 1.82) is 0 Å². The highest BCUT2D eigenvalue weighted by molar-refractivity contribution is 14.1. The molecule has 116 valence electrons. The topological polar surface area (TPSA) is 63.2 Å². The summed E-state index contributed by atoms with van der Waals surface area (Å²) < 4.78 is 26.8. The highest BCUT2D eigenvalue weighted by Crippen LogP contribution is 2.44. The van der Waals surface area contributed by atoms with Gasteiger partial charge in [0.25, 0.3) is 10.0 Å². The predicted molar refractivity (Wildman–Crippen MR) is 94.5 cm³/mol. The Hall–Kier alpha value is -0.640. The van der Waals surface area contributed by atoms with Crippen molar-refractivity contribution in [2.75, 3.05) is 10.8 Å². The molecule has 1 aromatic heterocycles. The van der Waals surface area contributed by atoms with Crippen molar-refractivity contribution >= 4 is 61.6 Å². The van der Waals surface area contributed by atoms with Crippen LogP contribution >= 0.6 is 45.8 Å². The Kier molecular flexibility index (Phi) is 4.26. The summed E-state index contributed by atoms with van der Waals surface area (Å²) in [6, 6.07) is 6.67. The average Bonchev–Trinajstić information content (AvgIpc) is 2.77. The number of anilines is 1. The standard InChI is InChI=1S/C13H10Cl2IN3O2S/c1-7-2-4-8(5-3-7)22(20,21)19-6-9(16)10-11(14)17-13(15)18-12(10)19/h2-5,9H,6H2,1H3. The van der Waals surface area contributed by atoms with Gasteiger partial charge in [-0.3, -0.25) is 0 Å². The van der Waals surface area contributed by atoms with E-state index in [4.69, 9.17) is 23.2 Å². The normalized spacial score (nSPS) is 17.6. The summed E-state index contributed by atoms with van der Waals surface area (Å²) in [4.78, 5) is 8.17. The number of sulfonamides is 1. The number of hydrogen-bond donors (Lipinski definition) is 0. The number of alkyl halides is 1. The Bertz CT molecular complexity index is 843. The molecule has 0 radical (unpaired) electrons. The number of fused-ring (bicyclic) bond motifs is 1. The SMILES string of the molecule is Cc1ccc(S(=O)(=O)N2CC(I)c3c(Cl)nc(Cl)nc32)cc1. The van der Waals surface area contributed by atoms with Crippen LogP contribution in [0.1, 0.15) is 15.1 Å². The van der Waals surface area contributed by atoms with Gasteiger partial charge in [-0.2, -0.15) is 4.98 Å². The van der Waals surface area contributed by atoms with Crippen LogP contribution in [0.4, 0.5) is 5.82 Å². The van der Waals surface area contributed by atoms with E-state index in [0.29, 0.717) is 5.56 Å². The number of aromatic nitrogens is 2. The highest BCUT2D eigenvalue weighted by Gasteiger charge is 2.39. The minimum Gasteiger partial charge on any atom is -0.248 e. The molecular weight excluding hydrogens is 460 g/mol. The van der Waals surface area contributed by atoms with E-state index >= 15 is 0 Å². The Morgan fingerprint density at radius 2 is 1.86 bits per heavy atom. The Morgan fingerprint density at radius 3 is 2.50 bits per heavy atom. The molecule has 0 saturated carbocycles. The molecule has 1 aliphatic heterocycles. The van der Waals surface area contributed by atoms with Gasteiger partial charge in [-0.25, -0.2) is 17.7 Å². The number of halogens is 3. The first-order valence-corrected chi connectivity index (χ1v) is 9.71. The van der Waals surface area contributed by atoms with Gasteiger partial charge in [0, 0.05) is 5.56 Å². The second-order valence-electron chi connectivity index (χ2n) is 4.84. The number of hydrogen-bond acceptors (Lipinski definition) is 4. The molecule has 0 saturated heterocycles. The lowest BCUT2D eigenvalue weighted by atomic mass is 10.2. The van der Waals surface area contributed by atoms with Gasteiger partial charge in [-0.1, -0.05) is 51.9 Å². The monoisotopic (exact) mass is 469 g/mol. The summed E-state index contributed by atoms with van der Waals surface area (Å²) in [6.07, 6.45) is 0. The second kappa shape index (κ2) is 5.77. The van der Waals surface area contributed by atoms with Crippen LogP contribution in [0.15, 0.2) is 29.2 Å². The molecule has 3 rings (SSSR count). The van der Waals surface area contributed by atoms with Gasteiger partial charge < -0.3 is 0 Å². The maximum Gasteiger partial charge on any atom is 0.265 e.